The first kappa shape index (κ1) is 54.7. The van der Waals surface area contributed by atoms with Crippen molar-refractivity contribution in [3.05, 3.63) is 235 Å². The summed E-state index contributed by atoms with van der Waals surface area (Å²) in [6, 6.07) is 42.1. The molecule has 422 valence electrons. The van der Waals surface area contributed by atoms with Crippen molar-refractivity contribution in [2.45, 2.75) is 83.1 Å². The summed E-state index contributed by atoms with van der Waals surface area (Å²) in [6.07, 6.45) is 23.5. The third-order valence-corrected chi connectivity index (χ3v) is 20.0. The number of anilines is 5. The van der Waals surface area contributed by atoms with Crippen LogP contribution in [0.5, 0.6) is 0 Å². The third kappa shape index (κ3) is 12.5. The van der Waals surface area contributed by atoms with Gasteiger partial charge in [-0.15, -0.1) is 34.0 Å². The number of hydrogen-bond acceptors (Lipinski definition) is 16. The Hall–Kier alpha value is -8.53. The summed E-state index contributed by atoms with van der Waals surface area (Å²) in [4.78, 5) is 25.4. The van der Waals surface area contributed by atoms with E-state index < -0.39 is 0 Å². The van der Waals surface area contributed by atoms with E-state index in [1.165, 1.54) is 53.6 Å². The number of piperidine rings is 1. The number of hydrogen-bond donors (Lipinski definition) is 4. The number of rotatable bonds is 18. The summed E-state index contributed by atoms with van der Waals surface area (Å²) < 4.78 is 8.51. The largest absolute Gasteiger partial charge is 0.368 e. The van der Waals surface area contributed by atoms with Gasteiger partial charge >= 0.3 is 0 Å². The number of benzene rings is 5. The van der Waals surface area contributed by atoms with E-state index in [-0.39, 0.29) is 18.1 Å². The summed E-state index contributed by atoms with van der Waals surface area (Å²) in [6.45, 7) is 7.43. The van der Waals surface area contributed by atoms with Gasteiger partial charge in [0.15, 0.2) is 15.4 Å². The number of allylic oxidation sites excluding steroid dienone is 1. The Labute approximate surface area is 502 Å². The Morgan fingerprint density at radius 2 is 1.43 bits per heavy atom. The first-order chi connectivity index (χ1) is 41.2. The summed E-state index contributed by atoms with van der Waals surface area (Å²) in [5.41, 5.74) is 14.3. The molecule has 2 saturated heterocycles. The number of nitriles is 1. The van der Waals surface area contributed by atoms with Crippen LogP contribution in [0.1, 0.15) is 96.8 Å². The highest BCUT2D eigenvalue weighted by Crippen LogP contribution is 2.38. The molecule has 0 spiro atoms. The molecule has 84 heavy (non-hydrogen) atoms. The molecule has 2 fully saturated rings. The molecule has 4 aromatic heterocycles. The number of thiazole rings is 3. The van der Waals surface area contributed by atoms with Crippen LogP contribution >= 0.6 is 34.0 Å². The zero-order valence-corrected chi connectivity index (χ0v) is 49.3. The number of aromatic nitrogens is 5. The molecule has 0 aliphatic carbocycles. The fourth-order valence-corrected chi connectivity index (χ4v) is 14.9. The summed E-state index contributed by atoms with van der Waals surface area (Å²) in [5.74, 6) is 0.586. The quantitative estimate of drug-likeness (QED) is 0.0603. The highest BCUT2D eigenvalue weighted by atomic mass is 32.1. The van der Waals surface area contributed by atoms with Crippen LogP contribution < -0.4 is 25.3 Å². The second-order valence-electron chi connectivity index (χ2n) is 22.3. The molecule has 0 bridgehead atoms. The molecule has 14 nitrogen and oxygen atoms in total. The van der Waals surface area contributed by atoms with Crippen LogP contribution in [-0.2, 0) is 43.5 Å². The maximum Gasteiger partial charge on any atom is 0.185 e. The van der Waals surface area contributed by atoms with Crippen molar-refractivity contribution in [2.75, 3.05) is 51.5 Å². The first-order valence-electron chi connectivity index (χ1n) is 28.9. The Morgan fingerprint density at radius 3 is 2.25 bits per heavy atom. The van der Waals surface area contributed by atoms with Gasteiger partial charge in [-0.3, -0.25) is 0 Å². The second-order valence-corrected chi connectivity index (χ2v) is 25.5. The van der Waals surface area contributed by atoms with Gasteiger partial charge in [0.05, 0.1) is 41.0 Å². The van der Waals surface area contributed by atoms with E-state index in [2.05, 4.69) is 140 Å². The predicted octanol–water partition coefficient (Wildman–Crippen LogP) is 13.6. The van der Waals surface area contributed by atoms with Crippen molar-refractivity contribution in [3.63, 3.8) is 0 Å². The summed E-state index contributed by atoms with van der Waals surface area (Å²) in [7, 11) is 0. The van der Waals surface area contributed by atoms with Crippen molar-refractivity contribution in [2.24, 2.45) is 5.92 Å². The van der Waals surface area contributed by atoms with E-state index in [0.29, 0.717) is 22.9 Å². The van der Waals surface area contributed by atoms with Crippen molar-refractivity contribution in [3.8, 4) is 11.8 Å². The Bertz CT molecular complexity index is 3930. The molecule has 4 N–H and O–H groups in total. The lowest BCUT2D eigenvalue weighted by Crippen LogP contribution is -2.49. The maximum atomic E-state index is 9.37. The molecule has 8 heterocycles. The molecule has 9 aromatic rings. The number of nitrogens with zero attached hydrogens (tertiary/aromatic N) is 9. The van der Waals surface area contributed by atoms with E-state index in [4.69, 9.17) is 30.5 Å². The van der Waals surface area contributed by atoms with Crippen LogP contribution in [0.2, 0.25) is 0 Å². The lowest BCUT2D eigenvalue weighted by atomic mass is 9.86. The van der Waals surface area contributed by atoms with Crippen LogP contribution in [-0.4, -0.2) is 74.5 Å². The van der Waals surface area contributed by atoms with E-state index >= 15 is 0 Å². The van der Waals surface area contributed by atoms with Gasteiger partial charge in [-0.1, -0.05) is 61.5 Å². The van der Waals surface area contributed by atoms with Crippen LogP contribution in [0.3, 0.4) is 0 Å². The van der Waals surface area contributed by atoms with Crippen LogP contribution in [0.25, 0.3) is 5.69 Å². The smallest absolute Gasteiger partial charge is 0.185 e. The molecular weight excluding hydrogens is 1100 g/mol. The molecular formula is C67H65N13OS3. The van der Waals surface area contributed by atoms with Gasteiger partial charge < -0.3 is 40.9 Å². The molecule has 4 aliphatic heterocycles. The molecule has 17 heteroatoms. The fourth-order valence-electron chi connectivity index (χ4n) is 11.9. The zero-order chi connectivity index (χ0) is 56.9. The molecule has 5 aromatic carbocycles. The van der Waals surface area contributed by atoms with Crippen molar-refractivity contribution < 1.29 is 4.74 Å². The van der Waals surface area contributed by atoms with E-state index in [9.17, 15) is 5.26 Å². The van der Waals surface area contributed by atoms with Gasteiger partial charge in [-0.2, -0.15) is 10.4 Å². The minimum absolute atomic E-state index is 0.150. The molecule has 4 unspecified atom stereocenters. The Morgan fingerprint density at radius 1 is 0.690 bits per heavy atom. The van der Waals surface area contributed by atoms with Crippen molar-refractivity contribution in [1.29, 1.82) is 16.1 Å². The highest BCUT2D eigenvalue weighted by molar-refractivity contribution is 7.16. The lowest BCUT2D eigenvalue weighted by molar-refractivity contribution is -0.0614. The van der Waals surface area contributed by atoms with Gasteiger partial charge in [0.25, 0.3) is 0 Å². The standard InChI is InChI=1S/C67H65N13OS3/c1-44(49-6-3-7-56(36-49)72-26-20-61(70)63-18-15-53-42-79(30-23-62(53)81-63)66-74-39-59(83-66)34-46-5-2-8-57(32-46)80-27-4-24-76-80)64-40-75-67(84-64)77-29-22-50-35-51(13-14-52(50)41-77)60(69)19-25-71-55-16-10-45(11-17-55)33-58-38-73-65(82-58)78-28-21-48-12-9-47(37-68)31-54(48)43-78/h2-14,16-17,19-20,24-27,31-32,35-36,38-40,44,53,62-63,69-72H,15,18,21-23,28-30,33-34,41-43H2,1H3/b25-19-,26-20-,69-60?,70-61?. The van der Waals surface area contributed by atoms with Gasteiger partial charge in [0, 0.05) is 133 Å². The van der Waals surface area contributed by atoms with E-state index in [1.54, 1.807) is 40.2 Å². The molecule has 0 saturated carbocycles. The lowest BCUT2D eigenvalue weighted by Gasteiger charge is -2.43. The number of nitrogens with one attached hydrogen (secondary N) is 4. The third-order valence-electron chi connectivity index (χ3n) is 16.6. The van der Waals surface area contributed by atoms with Crippen molar-refractivity contribution >= 4 is 72.2 Å². The maximum absolute atomic E-state index is 9.37. The molecule has 0 radical (unpaired) electrons. The minimum atomic E-state index is -0.204. The predicted molar refractivity (Wildman–Crippen MR) is 341 cm³/mol. The number of ether oxygens (including phenoxy) is 1. The molecule has 13 rings (SSSR count). The van der Waals surface area contributed by atoms with Crippen LogP contribution in [0.15, 0.2) is 171 Å². The monoisotopic (exact) mass is 1160 g/mol. The van der Waals surface area contributed by atoms with Gasteiger partial charge in [-0.25, -0.2) is 19.6 Å². The Kier molecular flexibility index (Phi) is 16.1. The van der Waals surface area contributed by atoms with Crippen LogP contribution in [0.4, 0.5) is 26.8 Å². The minimum Gasteiger partial charge on any atom is -0.368 e. The van der Waals surface area contributed by atoms with Gasteiger partial charge in [0.1, 0.15) is 0 Å². The molecule has 4 atom stereocenters. The first-order valence-corrected chi connectivity index (χ1v) is 31.4. The van der Waals surface area contributed by atoms with Crippen molar-refractivity contribution in [1.82, 2.24) is 24.7 Å². The average molecular weight is 1160 g/mol. The molecule has 4 aliphatic rings. The Balaban J connectivity index is 0.542. The number of fused-ring (bicyclic) bond motifs is 3. The SMILES string of the molecule is CC(c1cccc(N/C=C\C(=N)C2CCC3CN(c4ncc(Cc5cccc(-n6cccn6)c5)s4)CCC3O2)c1)c1cnc(N2CCc3cc(C(=N)/C=C\Nc4ccc(Cc5cnc(N6CCc7ccc(C#N)cc7C6)s5)cc4)ccc3C2)s1. The average Bonchev–Trinajstić information content (AvgIpc) is 4.55. The molecule has 0 amide bonds. The highest BCUT2D eigenvalue weighted by Gasteiger charge is 2.37. The summed E-state index contributed by atoms with van der Waals surface area (Å²) in [5, 5.41) is 41.5. The van der Waals surface area contributed by atoms with Crippen LogP contribution in [0, 0.1) is 28.1 Å². The van der Waals surface area contributed by atoms with Gasteiger partial charge in [-0.05, 0) is 149 Å². The fraction of sp³-hybridized carbons (Fsp3) is 0.269. The van der Waals surface area contributed by atoms with E-state index in [0.717, 1.165) is 122 Å². The van der Waals surface area contributed by atoms with E-state index in [1.807, 2.05) is 72.2 Å². The normalized spacial score (nSPS) is 18.0. The van der Waals surface area contributed by atoms with Gasteiger partial charge in [0.2, 0.25) is 0 Å². The topological polar surface area (TPSA) is 171 Å². The zero-order valence-electron chi connectivity index (χ0n) is 46.8. The second kappa shape index (κ2) is 24.7. The summed E-state index contributed by atoms with van der Waals surface area (Å²) >= 11 is 5.28.